The molecule has 3 rings (SSSR count). The van der Waals surface area contributed by atoms with E-state index in [0.717, 1.165) is 24.1 Å². The number of hydrogen-bond acceptors (Lipinski definition) is 1. The van der Waals surface area contributed by atoms with Gasteiger partial charge in [0.2, 0.25) is 5.91 Å². The molecule has 1 saturated carbocycles. The van der Waals surface area contributed by atoms with Crippen LogP contribution in [0.25, 0.3) is 0 Å². The van der Waals surface area contributed by atoms with E-state index in [2.05, 4.69) is 25.2 Å². The summed E-state index contributed by atoms with van der Waals surface area (Å²) in [5, 5.41) is 3.83. The fourth-order valence-corrected chi connectivity index (χ4v) is 3.02. The van der Waals surface area contributed by atoms with Crippen LogP contribution in [0.1, 0.15) is 43.7 Å². The highest BCUT2D eigenvalue weighted by molar-refractivity contribution is 6.30. The van der Waals surface area contributed by atoms with Gasteiger partial charge in [0.05, 0.1) is 5.41 Å². The van der Waals surface area contributed by atoms with Crippen molar-refractivity contribution in [2.45, 2.75) is 38.0 Å². The van der Waals surface area contributed by atoms with Crippen LogP contribution >= 0.6 is 11.6 Å². The molecule has 0 radical (unpaired) electrons. The van der Waals surface area contributed by atoms with Crippen LogP contribution < -0.4 is 5.32 Å². The number of rotatable bonds is 4. The number of carbonyl (C=O) groups is 1. The van der Waals surface area contributed by atoms with Gasteiger partial charge in [0.25, 0.3) is 0 Å². The largest absolute Gasteiger partial charge is 0.325 e. The fraction of sp³-hybridized carbons (Fsp3) is 0.316. The molecule has 22 heavy (non-hydrogen) atoms. The Bertz CT molecular complexity index is 687. The van der Waals surface area contributed by atoms with Crippen molar-refractivity contribution < 1.29 is 4.79 Å². The lowest BCUT2D eigenvalue weighted by atomic mass is 9.94. The average Bonchev–Trinajstić information content (AvgIpc) is 3.30. The Morgan fingerprint density at radius 3 is 2.32 bits per heavy atom. The molecule has 2 aromatic rings. The molecule has 0 aliphatic heterocycles. The summed E-state index contributed by atoms with van der Waals surface area (Å²) in [4.78, 5) is 12.8. The first-order valence-electron chi connectivity index (χ1n) is 7.69. The smallest absolute Gasteiger partial charge is 0.235 e. The van der Waals surface area contributed by atoms with Crippen molar-refractivity contribution in [3.63, 3.8) is 0 Å². The van der Waals surface area contributed by atoms with Gasteiger partial charge in [-0.3, -0.25) is 4.79 Å². The Kier molecular flexibility index (Phi) is 3.96. The Hall–Kier alpha value is -1.80. The van der Waals surface area contributed by atoms with E-state index in [4.69, 9.17) is 11.6 Å². The zero-order valence-electron chi connectivity index (χ0n) is 12.9. The van der Waals surface area contributed by atoms with Crippen LogP contribution in [0.15, 0.2) is 48.5 Å². The first-order valence-corrected chi connectivity index (χ1v) is 8.07. The van der Waals surface area contributed by atoms with Gasteiger partial charge in [-0.25, -0.2) is 0 Å². The van der Waals surface area contributed by atoms with E-state index < -0.39 is 0 Å². The van der Waals surface area contributed by atoms with Gasteiger partial charge in [-0.2, -0.15) is 0 Å². The summed E-state index contributed by atoms with van der Waals surface area (Å²) >= 11 is 5.95. The molecule has 0 unspecified atom stereocenters. The highest BCUT2D eigenvalue weighted by Gasteiger charge is 2.51. The molecule has 2 nitrogen and oxygen atoms in total. The lowest BCUT2D eigenvalue weighted by molar-refractivity contribution is -0.118. The van der Waals surface area contributed by atoms with Gasteiger partial charge < -0.3 is 5.32 Å². The molecule has 1 amide bonds. The summed E-state index contributed by atoms with van der Waals surface area (Å²) in [6, 6.07) is 15.7. The van der Waals surface area contributed by atoms with E-state index in [9.17, 15) is 4.79 Å². The number of nitrogens with one attached hydrogen (secondary N) is 1. The van der Waals surface area contributed by atoms with Crippen LogP contribution in [0.3, 0.4) is 0 Å². The zero-order valence-corrected chi connectivity index (χ0v) is 13.7. The first kappa shape index (κ1) is 15.1. The second kappa shape index (κ2) is 5.77. The minimum absolute atomic E-state index is 0.0860. The van der Waals surface area contributed by atoms with E-state index in [1.165, 1.54) is 5.56 Å². The van der Waals surface area contributed by atoms with E-state index in [0.29, 0.717) is 10.9 Å². The van der Waals surface area contributed by atoms with Crippen molar-refractivity contribution in [1.29, 1.82) is 0 Å². The molecule has 2 aromatic carbocycles. The summed E-state index contributed by atoms with van der Waals surface area (Å²) in [6.07, 6.45) is 1.79. The van der Waals surface area contributed by atoms with Crippen molar-refractivity contribution in [2.75, 3.05) is 5.32 Å². The van der Waals surface area contributed by atoms with Gasteiger partial charge in [-0.05, 0) is 48.1 Å². The molecule has 114 valence electrons. The SMILES string of the molecule is CC(C)c1ccccc1NC(=O)C1(c2ccc(Cl)cc2)CC1. The maximum Gasteiger partial charge on any atom is 0.235 e. The molecule has 0 heterocycles. The van der Waals surface area contributed by atoms with Crippen molar-refractivity contribution in [3.05, 3.63) is 64.7 Å². The number of halogens is 1. The predicted octanol–water partition coefficient (Wildman–Crippen LogP) is 5.13. The van der Waals surface area contributed by atoms with Gasteiger partial charge in [0.15, 0.2) is 0 Å². The van der Waals surface area contributed by atoms with Gasteiger partial charge in [0.1, 0.15) is 0 Å². The molecule has 0 aromatic heterocycles. The minimum atomic E-state index is -0.380. The summed E-state index contributed by atoms with van der Waals surface area (Å²) < 4.78 is 0. The zero-order chi connectivity index (χ0) is 15.7. The topological polar surface area (TPSA) is 29.1 Å². The molecule has 1 fully saturated rings. The number of benzene rings is 2. The highest BCUT2D eigenvalue weighted by Crippen LogP contribution is 2.49. The van der Waals surface area contributed by atoms with Crippen LogP contribution in [-0.2, 0) is 10.2 Å². The Labute approximate surface area is 136 Å². The van der Waals surface area contributed by atoms with Crippen LogP contribution in [0.4, 0.5) is 5.69 Å². The monoisotopic (exact) mass is 313 g/mol. The molecule has 0 spiro atoms. The second-order valence-corrected chi connectivity index (χ2v) is 6.72. The van der Waals surface area contributed by atoms with Gasteiger partial charge in [0, 0.05) is 10.7 Å². The fourth-order valence-electron chi connectivity index (χ4n) is 2.90. The van der Waals surface area contributed by atoms with Crippen molar-refractivity contribution in [3.8, 4) is 0 Å². The molecular weight excluding hydrogens is 294 g/mol. The maximum atomic E-state index is 12.8. The number of carbonyl (C=O) groups excluding carboxylic acids is 1. The van der Waals surface area contributed by atoms with E-state index in [-0.39, 0.29) is 11.3 Å². The van der Waals surface area contributed by atoms with Gasteiger partial charge >= 0.3 is 0 Å². The minimum Gasteiger partial charge on any atom is -0.325 e. The molecule has 3 heteroatoms. The average molecular weight is 314 g/mol. The lowest BCUT2D eigenvalue weighted by Crippen LogP contribution is -2.28. The summed E-state index contributed by atoms with van der Waals surface area (Å²) in [7, 11) is 0. The molecule has 0 atom stereocenters. The normalized spacial score (nSPS) is 15.6. The standard InChI is InChI=1S/C19H20ClNO/c1-13(2)16-5-3-4-6-17(16)21-18(22)19(11-12-19)14-7-9-15(20)10-8-14/h3-10,13H,11-12H2,1-2H3,(H,21,22). The third kappa shape index (κ3) is 2.76. The quantitative estimate of drug-likeness (QED) is 0.832. The van der Waals surface area contributed by atoms with Crippen molar-refractivity contribution in [1.82, 2.24) is 0 Å². The number of amides is 1. The van der Waals surface area contributed by atoms with Crippen molar-refractivity contribution in [2.24, 2.45) is 0 Å². The lowest BCUT2D eigenvalue weighted by Gasteiger charge is -2.19. The predicted molar refractivity (Wildman–Crippen MR) is 91.5 cm³/mol. The van der Waals surface area contributed by atoms with Crippen LogP contribution in [0, 0.1) is 0 Å². The van der Waals surface area contributed by atoms with E-state index in [1.54, 1.807) is 0 Å². The highest BCUT2D eigenvalue weighted by atomic mass is 35.5. The van der Waals surface area contributed by atoms with Gasteiger partial charge in [-0.1, -0.05) is 55.8 Å². The third-order valence-electron chi connectivity index (χ3n) is 4.41. The van der Waals surface area contributed by atoms with E-state index >= 15 is 0 Å². The van der Waals surface area contributed by atoms with Crippen LogP contribution in [-0.4, -0.2) is 5.91 Å². The Morgan fingerprint density at radius 1 is 1.09 bits per heavy atom. The second-order valence-electron chi connectivity index (χ2n) is 6.29. The molecule has 1 aliphatic rings. The molecular formula is C19H20ClNO. The number of para-hydroxylation sites is 1. The third-order valence-corrected chi connectivity index (χ3v) is 4.66. The van der Waals surface area contributed by atoms with Crippen LogP contribution in [0.2, 0.25) is 5.02 Å². The summed E-state index contributed by atoms with van der Waals surface area (Å²) in [6.45, 7) is 4.27. The number of anilines is 1. The van der Waals surface area contributed by atoms with Gasteiger partial charge in [-0.15, -0.1) is 0 Å². The summed E-state index contributed by atoms with van der Waals surface area (Å²) in [5.41, 5.74) is 2.76. The molecule has 1 aliphatic carbocycles. The molecule has 0 saturated heterocycles. The molecule has 0 bridgehead atoms. The Morgan fingerprint density at radius 2 is 1.73 bits per heavy atom. The maximum absolute atomic E-state index is 12.8. The Balaban J connectivity index is 1.85. The molecule has 1 N–H and O–H groups in total. The van der Waals surface area contributed by atoms with E-state index in [1.807, 2.05) is 42.5 Å². The van der Waals surface area contributed by atoms with Crippen molar-refractivity contribution >= 4 is 23.2 Å². The summed E-state index contributed by atoms with van der Waals surface area (Å²) in [5.74, 6) is 0.463. The first-order chi connectivity index (χ1) is 10.5. The number of hydrogen-bond donors (Lipinski definition) is 1. The van der Waals surface area contributed by atoms with Crippen LogP contribution in [0.5, 0.6) is 0 Å².